The highest BCUT2D eigenvalue weighted by Gasteiger charge is 2.10. The molecule has 0 saturated carbocycles. The predicted molar refractivity (Wildman–Crippen MR) is 104 cm³/mol. The van der Waals surface area contributed by atoms with E-state index in [0.717, 1.165) is 22.4 Å². The van der Waals surface area contributed by atoms with E-state index in [2.05, 4.69) is 20.3 Å². The number of benzene rings is 2. The zero-order valence-electron chi connectivity index (χ0n) is 13.3. The zero-order valence-corrected chi connectivity index (χ0v) is 14.8. The smallest absolute Gasteiger partial charge is 0.255 e. The third-order valence-electron chi connectivity index (χ3n) is 3.83. The molecule has 0 aliphatic carbocycles. The Morgan fingerprint density at radius 1 is 0.923 bits per heavy atom. The molecule has 0 fully saturated rings. The van der Waals surface area contributed by atoms with Crippen LogP contribution in [0.2, 0.25) is 10.3 Å². The summed E-state index contributed by atoms with van der Waals surface area (Å²) in [5.74, 6) is 0.462. The number of amides is 1. The molecular weight excluding hydrogens is 371 g/mol. The van der Waals surface area contributed by atoms with E-state index in [9.17, 15) is 4.79 Å². The maximum atomic E-state index is 12.3. The van der Waals surface area contributed by atoms with Gasteiger partial charge in [0.25, 0.3) is 5.91 Å². The molecule has 0 atom stereocenters. The molecule has 0 radical (unpaired) electrons. The first-order valence-corrected chi connectivity index (χ1v) is 8.54. The summed E-state index contributed by atoms with van der Waals surface area (Å²) in [7, 11) is 0. The molecule has 7 heteroatoms. The second kappa shape index (κ2) is 6.78. The van der Waals surface area contributed by atoms with Crippen molar-refractivity contribution in [1.82, 2.24) is 15.0 Å². The number of para-hydroxylation sites is 2. The first kappa shape index (κ1) is 16.6. The van der Waals surface area contributed by atoms with E-state index in [1.807, 2.05) is 48.5 Å². The van der Waals surface area contributed by atoms with Gasteiger partial charge in [0, 0.05) is 16.8 Å². The van der Waals surface area contributed by atoms with E-state index >= 15 is 0 Å². The normalized spacial score (nSPS) is 10.8. The number of rotatable bonds is 3. The maximum absolute atomic E-state index is 12.3. The molecule has 0 aliphatic rings. The Morgan fingerprint density at radius 3 is 2.31 bits per heavy atom. The van der Waals surface area contributed by atoms with E-state index < -0.39 is 0 Å². The van der Waals surface area contributed by atoms with Gasteiger partial charge in [-0.05, 0) is 48.5 Å². The number of carbonyl (C=O) groups is 1. The van der Waals surface area contributed by atoms with Crippen LogP contribution in [0.5, 0.6) is 0 Å². The molecule has 0 spiro atoms. The summed E-state index contributed by atoms with van der Waals surface area (Å²) in [5.41, 5.74) is 3.81. The standard InChI is InChI=1S/C19H12Cl2N4O/c20-16-9-12(10-17(21)25-16)19(26)22-13-7-5-11(6-8-13)18-23-14-3-1-2-4-15(14)24-18/h1-10H,(H,22,26)(H,23,24). The van der Waals surface area contributed by atoms with Gasteiger partial charge in [0.2, 0.25) is 0 Å². The Balaban J connectivity index is 1.55. The lowest BCUT2D eigenvalue weighted by Crippen LogP contribution is -2.12. The molecule has 0 unspecified atom stereocenters. The molecule has 2 aromatic heterocycles. The first-order valence-electron chi connectivity index (χ1n) is 7.78. The minimum absolute atomic E-state index is 0.169. The summed E-state index contributed by atoms with van der Waals surface area (Å²) in [6.07, 6.45) is 0. The fraction of sp³-hybridized carbons (Fsp3) is 0. The average molecular weight is 383 g/mol. The number of nitrogens with one attached hydrogen (secondary N) is 2. The molecular formula is C19H12Cl2N4O. The number of hydrogen-bond donors (Lipinski definition) is 2. The van der Waals surface area contributed by atoms with Crippen LogP contribution in [0.3, 0.4) is 0 Å². The number of anilines is 1. The molecule has 1 amide bonds. The highest BCUT2D eigenvalue weighted by molar-refractivity contribution is 6.33. The van der Waals surface area contributed by atoms with Crippen molar-refractivity contribution in [2.75, 3.05) is 5.32 Å². The topological polar surface area (TPSA) is 70.7 Å². The molecule has 128 valence electrons. The molecule has 0 bridgehead atoms. The van der Waals surface area contributed by atoms with Crippen molar-refractivity contribution in [2.45, 2.75) is 0 Å². The molecule has 2 N–H and O–H groups in total. The van der Waals surface area contributed by atoms with Gasteiger partial charge in [-0.25, -0.2) is 9.97 Å². The number of hydrogen-bond acceptors (Lipinski definition) is 3. The van der Waals surface area contributed by atoms with Crippen LogP contribution in [0.4, 0.5) is 5.69 Å². The van der Waals surface area contributed by atoms with Crippen LogP contribution >= 0.6 is 23.2 Å². The van der Waals surface area contributed by atoms with Gasteiger partial charge in [-0.1, -0.05) is 35.3 Å². The van der Waals surface area contributed by atoms with Gasteiger partial charge < -0.3 is 10.3 Å². The number of imidazole rings is 1. The molecule has 2 aromatic carbocycles. The van der Waals surface area contributed by atoms with Gasteiger partial charge in [0.15, 0.2) is 0 Å². The highest BCUT2D eigenvalue weighted by Crippen LogP contribution is 2.22. The van der Waals surface area contributed by atoms with Crippen molar-refractivity contribution in [3.05, 3.63) is 76.5 Å². The SMILES string of the molecule is O=C(Nc1ccc(-c2nc3ccccc3[nH]2)cc1)c1cc(Cl)nc(Cl)c1. The number of fused-ring (bicyclic) bond motifs is 1. The van der Waals surface area contributed by atoms with Crippen LogP contribution in [0.1, 0.15) is 10.4 Å². The van der Waals surface area contributed by atoms with Crippen LogP contribution in [0.15, 0.2) is 60.7 Å². The van der Waals surface area contributed by atoms with Crippen molar-refractivity contribution in [2.24, 2.45) is 0 Å². The highest BCUT2D eigenvalue weighted by atomic mass is 35.5. The van der Waals surface area contributed by atoms with Gasteiger partial charge in [0.05, 0.1) is 11.0 Å². The molecule has 0 aliphatic heterocycles. The Kier molecular flexibility index (Phi) is 4.32. The van der Waals surface area contributed by atoms with E-state index in [1.54, 1.807) is 0 Å². The number of halogens is 2. The first-order chi connectivity index (χ1) is 12.6. The lowest BCUT2D eigenvalue weighted by Gasteiger charge is -2.06. The number of nitrogens with zero attached hydrogens (tertiary/aromatic N) is 2. The number of H-pyrrole nitrogens is 1. The maximum Gasteiger partial charge on any atom is 0.255 e. The summed E-state index contributed by atoms with van der Waals surface area (Å²) in [4.78, 5) is 24.0. The third-order valence-corrected chi connectivity index (χ3v) is 4.22. The van der Waals surface area contributed by atoms with Crippen molar-refractivity contribution < 1.29 is 4.79 Å². The molecule has 26 heavy (non-hydrogen) atoms. The Bertz CT molecular complexity index is 1050. The van der Waals surface area contributed by atoms with Crippen molar-refractivity contribution >= 4 is 45.8 Å². The van der Waals surface area contributed by atoms with E-state index in [0.29, 0.717) is 11.3 Å². The van der Waals surface area contributed by atoms with Crippen molar-refractivity contribution in [1.29, 1.82) is 0 Å². The summed E-state index contributed by atoms with van der Waals surface area (Å²) in [6.45, 7) is 0. The molecule has 5 nitrogen and oxygen atoms in total. The van der Waals surface area contributed by atoms with Gasteiger partial charge in [-0.15, -0.1) is 0 Å². The average Bonchev–Trinajstić information content (AvgIpc) is 3.05. The summed E-state index contributed by atoms with van der Waals surface area (Å²) in [5, 5.41) is 3.14. The number of aromatic amines is 1. The Morgan fingerprint density at radius 2 is 1.62 bits per heavy atom. The van der Waals surface area contributed by atoms with Gasteiger partial charge in [-0.3, -0.25) is 4.79 Å². The molecule has 4 rings (SSSR count). The lowest BCUT2D eigenvalue weighted by molar-refractivity contribution is 0.102. The fourth-order valence-electron chi connectivity index (χ4n) is 2.60. The number of pyridine rings is 1. The zero-order chi connectivity index (χ0) is 18.1. The number of carbonyl (C=O) groups excluding carboxylic acids is 1. The minimum Gasteiger partial charge on any atom is -0.338 e. The summed E-state index contributed by atoms with van der Waals surface area (Å²) in [6, 6.07) is 18.2. The third kappa shape index (κ3) is 3.40. The van der Waals surface area contributed by atoms with Crippen LogP contribution in [-0.4, -0.2) is 20.9 Å². The fourth-order valence-corrected chi connectivity index (χ4v) is 3.06. The Hall–Kier alpha value is -2.89. The van der Waals surface area contributed by atoms with Gasteiger partial charge >= 0.3 is 0 Å². The van der Waals surface area contributed by atoms with Crippen molar-refractivity contribution in [3.8, 4) is 11.4 Å². The summed E-state index contributed by atoms with van der Waals surface area (Å²) < 4.78 is 0. The van der Waals surface area contributed by atoms with E-state index in [4.69, 9.17) is 23.2 Å². The lowest BCUT2D eigenvalue weighted by atomic mass is 10.2. The van der Waals surface area contributed by atoms with Gasteiger partial charge in [0.1, 0.15) is 16.1 Å². The number of aromatic nitrogens is 3. The summed E-state index contributed by atoms with van der Waals surface area (Å²) >= 11 is 11.7. The van der Waals surface area contributed by atoms with Crippen LogP contribution in [0.25, 0.3) is 22.4 Å². The minimum atomic E-state index is -0.312. The second-order valence-electron chi connectivity index (χ2n) is 5.64. The van der Waals surface area contributed by atoms with Crippen LogP contribution < -0.4 is 5.32 Å². The molecule has 4 aromatic rings. The quantitative estimate of drug-likeness (QED) is 0.479. The van der Waals surface area contributed by atoms with Crippen LogP contribution in [-0.2, 0) is 0 Å². The van der Waals surface area contributed by atoms with E-state index in [-0.39, 0.29) is 16.2 Å². The molecule has 2 heterocycles. The largest absolute Gasteiger partial charge is 0.338 e. The second-order valence-corrected chi connectivity index (χ2v) is 6.41. The Labute approximate surface area is 159 Å². The molecule has 0 saturated heterocycles. The monoisotopic (exact) mass is 382 g/mol. The van der Waals surface area contributed by atoms with Crippen molar-refractivity contribution in [3.63, 3.8) is 0 Å². The van der Waals surface area contributed by atoms with E-state index in [1.165, 1.54) is 12.1 Å². The van der Waals surface area contributed by atoms with Gasteiger partial charge in [-0.2, -0.15) is 0 Å². The predicted octanol–water partition coefficient (Wildman–Crippen LogP) is 5.18. The van der Waals surface area contributed by atoms with Crippen LogP contribution in [0, 0.1) is 0 Å².